The van der Waals surface area contributed by atoms with Gasteiger partial charge in [0.25, 0.3) is 5.56 Å². The van der Waals surface area contributed by atoms with Gasteiger partial charge >= 0.3 is 0 Å². The molecule has 0 fully saturated rings. The maximum Gasteiger partial charge on any atom is 0.250 e. The standard InChI is InChI=1S/C27H23NO2/c29-25-15-7-9-21(19-25)10-8-18-28-20-24(16-17-26(28)30)27(22-11-3-1-4-12-22)23-13-5-2-6-14-23/h1-17,19-20,27,29H,18H2/b10-8+. The molecule has 0 amide bonds. The minimum absolute atomic E-state index is 0.0424. The van der Waals surface area contributed by atoms with E-state index in [0.717, 1.165) is 11.1 Å². The molecule has 3 nitrogen and oxygen atoms in total. The van der Waals surface area contributed by atoms with E-state index >= 15 is 0 Å². The lowest BCUT2D eigenvalue weighted by Gasteiger charge is -2.19. The molecule has 0 bridgehead atoms. The summed E-state index contributed by atoms with van der Waals surface area (Å²) in [6, 6.07) is 31.3. The molecule has 3 aromatic carbocycles. The molecule has 0 saturated carbocycles. The van der Waals surface area contributed by atoms with Gasteiger partial charge in [-0.05, 0) is 34.4 Å². The van der Waals surface area contributed by atoms with Crippen LogP contribution in [-0.4, -0.2) is 9.67 Å². The summed E-state index contributed by atoms with van der Waals surface area (Å²) < 4.78 is 1.72. The summed E-state index contributed by atoms with van der Waals surface area (Å²) in [5.41, 5.74) is 4.29. The predicted molar refractivity (Wildman–Crippen MR) is 122 cm³/mol. The molecule has 148 valence electrons. The first kappa shape index (κ1) is 19.5. The highest BCUT2D eigenvalue weighted by molar-refractivity contribution is 5.51. The van der Waals surface area contributed by atoms with Gasteiger partial charge < -0.3 is 9.67 Å². The third kappa shape index (κ3) is 4.58. The Morgan fingerprint density at radius 3 is 2.07 bits per heavy atom. The second kappa shape index (κ2) is 9.10. The Morgan fingerprint density at radius 2 is 1.43 bits per heavy atom. The molecule has 0 unspecified atom stereocenters. The highest BCUT2D eigenvalue weighted by Crippen LogP contribution is 2.31. The quantitative estimate of drug-likeness (QED) is 0.473. The fourth-order valence-electron chi connectivity index (χ4n) is 3.66. The zero-order valence-electron chi connectivity index (χ0n) is 16.6. The number of hydrogen-bond donors (Lipinski definition) is 1. The van der Waals surface area contributed by atoms with Crippen molar-refractivity contribution in [3.63, 3.8) is 0 Å². The number of aromatic nitrogens is 1. The molecule has 30 heavy (non-hydrogen) atoms. The summed E-state index contributed by atoms with van der Waals surface area (Å²) in [6.07, 6.45) is 5.78. The molecule has 0 aliphatic rings. The lowest BCUT2D eigenvalue weighted by molar-refractivity contribution is 0.475. The largest absolute Gasteiger partial charge is 0.508 e. The average Bonchev–Trinajstić information content (AvgIpc) is 2.77. The van der Waals surface area contributed by atoms with Crippen LogP contribution in [0.1, 0.15) is 28.2 Å². The first-order chi connectivity index (χ1) is 14.7. The van der Waals surface area contributed by atoms with E-state index in [0.29, 0.717) is 6.54 Å². The Bertz CT molecular complexity index is 1150. The summed E-state index contributed by atoms with van der Waals surface area (Å²) in [6.45, 7) is 0.457. The van der Waals surface area contributed by atoms with E-state index in [1.807, 2.05) is 66.9 Å². The van der Waals surface area contributed by atoms with Crippen molar-refractivity contribution in [3.8, 4) is 5.75 Å². The summed E-state index contributed by atoms with van der Waals surface area (Å²) in [5.74, 6) is 0.277. The van der Waals surface area contributed by atoms with Crippen LogP contribution in [0.2, 0.25) is 0 Å². The van der Waals surface area contributed by atoms with Crippen LogP contribution in [0.15, 0.2) is 114 Å². The number of nitrogens with zero attached hydrogens (tertiary/aromatic N) is 1. The molecule has 4 aromatic rings. The minimum Gasteiger partial charge on any atom is -0.508 e. The summed E-state index contributed by atoms with van der Waals surface area (Å²) >= 11 is 0. The maximum atomic E-state index is 12.5. The number of pyridine rings is 1. The van der Waals surface area contributed by atoms with Crippen LogP contribution < -0.4 is 5.56 Å². The van der Waals surface area contributed by atoms with Crippen LogP contribution in [0, 0.1) is 0 Å². The van der Waals surface area contributed by atoms with Crippen molar-refractivity contribution in [2.24, 2.45) is 0 Å². The van der Waals surface area contributed by atoms with Crippen LogP contribution >= 0.6 is 0 Å². The second-order valence-corrected chi connectivity index (χ2v) is 7.20. The smallest absolute Gasteiger partial charge is 0.250 e. The van der Waals surface area contributed by atoms with E-state index in [4.69, 9.17) is 0 Å². The third-order valence-corrected chi connectivity index (χ3v) is 5.09. The normalized spacial score (nSPS) is 11.2. The Balaban J connectivity index is 1.67. The average molecular weight is 393 g/mol. The molecule has 1 heterocycles. The number of phenolic OH excluding ortho intramolecular Hbond substituents is 1. The molecule has 0 radical (unpaired) electrons. The molecule has 3 heteroatoms. The summed E-state index contributed by atoms with van der Waals surface area (Å²) in [7, 11) is 0. The predicted octanol–water partition coefficient (Wildman–Crippen LogP) is 5.45. The van der Waals surface area contributed by atoms with E-state index in [-0.39, 0.29) is 17.2 Å². The molecule has 1 N–H and O–H groups in total. The molecule has 0 aliphatic heterocycles. The van der Waals surface area contributed by atoms with Crippen LogP contribution in [0.5, 0.6) is 5.75 Å². The number of hydrogen-bond acceptors (Lipinski definition) is 2. The Hall–Kier alpha value is -3.85. The van der Waals surface area contributed by atoms with Crippen molar-refractivity contribution in [2.45, 2.75) is 12.5 Å². The molecular formula is C27H23NO2. The van der Waals surface area contributed by atoms with Gasteiger partial charge in [0.1, 0.15) is 5.75 Å². The van der Waals surface area contributed by atoms with Crippen LogP contribution in [0.3, 0.4) is 0 Å². The molecule has 0 atom stereocenters. The molecular weight excluding hydrogens is 370 g/mol. The van der Waals surface area contributed by atoms with Gasteiger partial charge in [0.05, 0.1) is 0 Å². The van der Waals surface area contributed by atoms with Gasteiger partial charge in [-0.15, -0.1) is 0 Å². The lowest BCUT2D eigenvalue weighted by atomic mass is 9.86. The monoisotopic (exact) mass is 393 g/mol. The van der Waals surface area contributed by atoms with Gasteiger partial charge in [-0.3, -0.25) is 4.79 Å². The Morgan fingerprint density at radius 1 is 0.767 bits per heavy atom. The first-order valence-electron chi connectivity index (χ1n) is 9.96. The zero-order valence-corrected chi connectivity index (χ0v) is 16.6. The molecule has 0 aliphatic carbocycles. The molecule has 0 saturated heterocycles. The lowest BCUT2D eigenvalue weighted by Crippen LogP contribution is -2.19. The highest BCUT2D eigenvalue weighted by atomic mass is 16.3. The zero-order chi connectivity index (χ0) is 20.8. The van der Waals surface area contributed by atoms with Crippen molar-refractivity contribution >= 4 is 6.08 Å². The number of aromatic hydroxyl groups is 1. The van der Waals surface area contributed by atoms with Crippen molar-refractivity contribution in [3.05, 3.63) is 142 Å². The van der Waals surface area contributed by atoms with Crippen molar-refractivity contribution in [2.75, 3.05) is 0 Å². The maximum absolute atomic E-state index is 12.5. The van der Waals surface area contributed by atoms with E-state index in [2.05, 4.69) is 24.3 Å². The number of benzene rings is 3. The fraction of sp³-hybridized carbons (Fsp3) is 0.0741. The van der Waals surface area contributed by atoms with Crippen molar-refractivity contribution in [1.29, 1.82) is 0 Å². The number of allylic oxidation sites excluding steroid dienone is 1. The van der Waals surface area contributed by atoms with Crippen molar-refractivity contribution in [1.82, 2.24) is 4.57 Å². The van der Waals surface area contributed by atoms with Crippen LogP contribution in [0.4, 0.5) is 0 Å². The van der Waals surface area contributed by atoms with Crippen LogP contribution in [0.25, 0.3) is 6.08 Å². The third-order valence-electron chi connectivity index (χ3n) is 5.09. The number of phenols is 1. The van der Waals surface area contributed by atoms with E-state index in [9.17, 15) is 9.90 Å². The summed E-state index contributed by atoms with van der Waals surface area (Å²) in [4.78, 5) is 12.5. The Labute approximate surface area is 176 Å². The van der Waals surface area contributed by atoms with Gasteiger partial charge in [0, 0.05) is 24.7 Å². The number of rotatable bonds is 6. The van der Waals surface area contributed by atoms with Gasteiger partial charge in [0.2, 0.25) is 0 Å². The van der Waals surface area contributed by atoms with E-state index in [1.165, 1.54) is 11.1 Å². The molecule has 4 rings (SSSR count). The van der Waals surface area contributed by atoms with Gasteiger partial charge in [-0.1, -0.05) is 91.0 Å². The SMILES string of the molecule is O=c1ccc(C(c2ccccc2)c2ccccc2)cn1C/C=C/c1cccc(O)c1. The van der Waals surface area contributed by atoms with Gasteiger partial charge in [-0.25, -0.2) is 0 Å². The van der Waals surface area contributed by atoms with Crippen LogP contribution in [-0.2, 0) is 6.54 Å². The molecule has 1 aromatic heterocycles. The first-order valence-corrected chi connectivity index (χ1v) is 9.96. The van der Waals surface area contributed by atoms with Gasteiger partial charge in [-0.2, -0.15) is 0 Å². The Kier molecular flexibility index (Phi) is 5.90. The topological polar surface area (TPSA) is 42.2 Å². The van der Waals surface area contributed by atoms with Crippen molar-refractivity contribution < 1.29 is 5.11 Å². The van der Waals surface area contributed by atoms with E-state index < -0.39 is 0 Å². The highest BCUT2D eigenvalue weighted by Gasteiger charge is 2.17. The minimum atomic E-state index is -0.0424. The molecule has 0 spiro atoms. The summed E-state index contributed by atoms with van der Waals surface area (Å²) in [5, 5.41) is 9.60. The van der Waals surface area contributed by atoms with E-state index in [1.54, 1.807) is 28.8 Å². The fourth-order valence-corrected chi connectivity index (χ4v) is 3.66. The van der Waals surface area contributed by atoms with Gasteiger partial charge in [0.15, 0.2) is 0 Å². The second-order valence-electron chi connectivity index (χ2n) is 7.20.